The Morgan fingerprint density at radius 2 is 1.76 bits per heavy atom. The number of imide groups is 1. The van der Waals surface area contributed by atoms with Crippen LogP contribution >= 0.6 is 0 Å². The highest BCUT2D eigenvalue weighted by atomic mass is 16.6. The van der Waals surface area contributed by atoms with Gasteiger partial charge in [0.15, 0.2) is 0 Å². The molecular weight excluding hydrogens is 480 g/mol. The average Bonchev–Trinajstić information content (AvgIpc) is 3.46. The van der Waals surface area contributed by atoms with E-state index < -0.39 is 29.7 Å². The highest BCUT2D eigenvalue weighted by Crippen LogP contribution is 2.30. The number of fused-ring (bicyclic) bond motifs is 2. The molecule has 0 radical (unpaired) electrons. The van der Waals surface area contributed by atoms with E-state index in [2.05, 4.69) is 4.98 Å². The lowest BCUT2D eigenvalue weighted by Gasteiger charge is -2.35. The predicted molar refractivity (Wildman–Crippen MR) is 149 cm³/mol. The van der Waals surface area contributed by atoms with Crippen molar-refractivity contribution >= 4 is 34.5 Å². The maximum absolute atomic E-state index is 14.1. The van der Waals surface area contributed by atoms with E-state index in [0.29, 0.717) is 13.0 Å². The quantitative estimate of drug-likeness (QED) is 0.467. The summed E-state index contributed by atoms with van der Waals surface area (Å²) in [6, 6.07) is 13.4. The fourth-order valence-electron chi connectivity index (χ4n) is 5.00. The molecule has 0 aliphatic carbocycles. The topological polar surface area (TPSA) is 109 Å². The number of carbonyl (C=O) groups is 3. The molecule has 0 spiro atoms. The lowest BCUT2D eigenvalue weighted by molar-refractivity contribution is -0.140. The Labute approximate surface area is 224 Å². The molecule has 0 saturated heterocycles. The summed E-state index contributed by atoms with van der Waals surface area (Å²) in [7, 11) is 0. The van der Waals surface area contributed by atoms with Crippen molar-refractivity contribution < 1.29 is 19.1 Å². The second-order valence-electron chi connectivity index (χ2n) is 11.4. The van der Waals surface area contributed by atoms with Crippen molar-refractivity contribution in [2.75, 3.05) is 11.4 Å². The molecule has 1 aliphatic heterocycles. The van der Waals surface area contributed by atoms with E-state index in [4.69, 9.17) is 10.5 Å². The van der Waals surface area contributed by atoms with E-state index in [1.54, 1.807) is 25.7 Å². The van der Waals surface area contributed by atoms with Gasteiger partial charge >= 0.3 is 6.09 Å². The molecule has 8 heteroatoms. The van der Waals surface area contributed by atoms with Crippen LogP contribution in [0.4, 0.5) is 10.5 Å². The van der Waals surface area contributed by atoms with E-state index in [0.717, 1.165) is 39.0 Å². The number of H-pyrrole nitrogens is 1. The number of carbonyl (C=O) groups excluding carboxylic acids is 3. The number of anilines is 1. The Morgan fingerprint density at radius 1 is 1.08 bits per heavy atom. The van der Waals surface area contributed by atoms with E-state index in [-0.39, 0.29) is 18.2 Å². The van der Waals surface area contributed by atoms with Crippen LogP contribution in [0, 0.1) is 5.92 Å². The smallest absolute Gasteiger partial charge is 0.417 e. The highest BCUT2D eigenvalue weighted by molar-refractivity contribution is 6.05. The van der Waals surface area contributed by atoms with Gasteiger partial charge < -0.3 is 20.4 Å². The van der Waals surface area contributed by atoms with Crippen LogP contribution in [0.3, 0.4) is 0 Å². The number of aromatic amines is 1. The van der Waals surface area contributed by atoms with Crippen molar-refractivity contribution in [3.05, 3.63) is 65.9 Å². The molecule has 4 rings (SSSR count). The number of nitrogens with zero attached hydrogens (tertiary/aromatic N) is 2. The number of amides is 3. The second kappa shape index (κ2) is 11.0. The molecule has 8 nitrogen and oxygen atoms in total. The minimum Gasteiger partial charge on any atom is -0.443 e. The van der Waals surface area contributed by atoms with Crippen LogP contribution in [0.15, 0.2) is 54.7 Å². The van der Waals surface area contributed by atoms with Crippen molar-refractivity contribution in [1.82, 2.24) is 9.88 Å². The summed E-state index contributed by atoms with van der Waals surface area (Å²) in [5, 5.41) is 0.961. The first-order chi connectivity index (χ1) is 18.0. The molecule has 3 aromatic rings. The Bertz CT molecular complexity index is 1320. The first-order valence-corrected chi connectivity index (χ1v) is 13.2. The Morgan fingerprint density at radius 3 is 2.47 bits per heavy atom. The third-order valence-electron chi connectivity index (χ3n) is 6.70. The van der Waals surface area contributed by atoms with Gasteiger partial charge in [-0.15, -0.1) is 0 Å². The molecule has 38 heavy (non-hydrogen) atoms. The van der Waals surface area contributed by atoms with Gasteiger partial charge in [0, 0.05) is 29.3 Å². The van der Waals surface area contributed by atoms with E-state index >= 15 is 0 Å². The molecule has 2 aromatic carbocycles. The van der Waals surface area contributed by atoms with Gasteiger partial charge in [-0.05, 0) is 69.2 Å². The number of aromatic nitrogens is 1. The summed E-state index contributed by atoms with van der Waals surface area (Å²) >= 11 is 0. The Balaban J connectivity index is 1.68. The van der Waals surface area contributed by atoms with Crippen LogP contribution in [0.2, 0.25) is 0 Å². The lowest BCUT2D eigenvalue weighted by atomic mass is 9.99. The standard InChI is InChI=1S/C30H38N4O4/c1-19(2)16-26(28(36)33-15-14-20-10-6-9-13-25(20)33)34(29(37)38-30(3,4)5)27(35)23(31)17-21-18-32-24-12-8-7-11-22(21)24/h6-13,18-19,23,26,32H,14-17,31H2,1-5H3/t23-,26-/m0/s1. The summed E-state index contributed by atoms with van der Waals surface area (Å²) in [6.45, 7) is 9.61. The van der Waals surface area contributed by atoms with Gasteiger partial charge in [-0.2, -0.15) is 0 Å². The number of hydrogen-bond donors (Lipinski definition) is 2. The van der Waals surface area contributed by atoms with Crippen molar-refractivity contribution in [3.63, 3.8) is 0 Å². The van der Waals surface area contributed by atoms with Gasteiger partial charge in [-0.1, -0.05) is 50.2 Å². The summed E-state index contributed by atoms with van der Waals surface area (Å²) in [6.07, 6.45) is 2.19. The summed E-state index contributed by atoms with van der Waals surface area (Å²) < 4.78 is 5.66. The number of ether oxygens (including phenoxy) is 1. The van der Waals surface area contributed by atoms with Crippen molar-refractivity contribution in [2.45, 2.75) is 71.6 Å². The van der Waals surface area contributed by atoms with Crippen molar-refractivity contribution in [3.8, 4) is 0 Å². The molecule has 2 atom stereocenters. The summed E-state index contributed by atoms with van der Waals surface area (Å²) in [4.78, 5) is 47.4. The van der Waals surface area contributed by atoms with Gasteiger partial charge in [0.1, 0.15) is 11.6 Å². The van der Waals surface area contributed by atoms with E-state index in [1.807, 2.05) is 68.6 Å². The number of nitrogens with one attached hydrogen (secondary N) is 1. The van der Waals surface area contributed by atoms with Crippen LogP contribution in [0.25, 0.3) is 10.9 Å². The maximum atomic E-state index is 14.1. The molecule has 0 bridgehead atoms. The Kier molecular flexibility index (Phi) is 7.92. The molecule has 3 N–H and O–H groups in total. The minimum atomic E-state index is -1.05. The maximum Gasteiger partial charge on any atom is 0.417 e. The first-order valence-electron chi connectivity index (χ1n) is 13.2. The largest absolute Gasteiger partial charge is 0.443 e. The van der Waals surface area contributed by atoms with Crippen LogP contribution < -0.4 is 10.6 Å². The zero-order valence-electron chi connectivity index (χ0n) is 22.9. The SMILES string of the molecule is CC(C)C[C@@H](C(=O)N1CCc2ccccc21)N(C(=O)OC(C)(C)C)C(=O)[C@@H](N)Cc1c[nH]c2ccccc12. The number of benzene rings is 2. The molecule has 2 heterocycles. The molecule has 1 aliphatic rings. The van der Waals surface area contributed by atoms with E-state index in [1.165, 1.54) is 0 Å². The molecule has 1 aromatic heterocycles. The van der Waals surface area contributed by atoms with Gasteiger partial charge in [0.05, 0.1) is 6.04 Å². The number of para-hydroxylation sites is 2. The van der Waals surface area contributed by atoms with Crippen LogP contribution in [-0.2, 0) is 27.2 Å². The van der Waals surface area contributed by atoms with Gasteiger partial charge in [0.25, 0.3) is 0 Å². The molecule has 0 unspecified atom stereocenters. The van der Waals surface area contributed by atoms with Crippen LogP contribution in [0.5, 0.6) is 0 Å². The minimum absolute atomic E-state index is 0.0318. The highest BCUT2D eigenvalue weighted by Gasteiger charge is 2.42. The molecule has 0 fully saturated rings. The molecule has 0 saturated carbocycles. The monoisotopic (exact) mass is 518 g/mol. The Hall–Kier alpha value is -3.65. The number of hydrogen-bond acceptors (Lipinski definition) is 5. The van der Waals surface area contributed by atoms with Gasteiger partial charge in [0.2, 0.25) is 11.8 Å². The van der Waals surface area contributed by atoms with E-state index in [9.17, 15) is 14.4 Å². The predicted octanol–water partition coefficient (Wildman–Crippen LogP) is 4.81. The summed E-state index contributed by atoms with van der Waals surface area (Å²) in [5.74, 6) is -0.900. The number of rotatable bonds is 7. The normalized spacial score (nSPS) is 14.9. The average molecular weight is 519 g/mol. The summed E-state index contributed by atoms with van der Waals surface area (Å²) in [5.41, 5.74) is 9.28. The fraction of sp³-hybridized carbons (Fsp3) is 0.433. The molecule has 3 amide bonds. The van der Waals surface area contributed by atoms with Crippen molar-refractivity contribution in [1.29, 1.82) is 0 Å². The second-order valence-corrected chi connectivity index (χ2v) is 11.4. The third-order valence-corrected chi connectivity index (χ3v) is 6.70. The lowest BCUT2D eigenvalue weighted by Crippen LogP contribution is -2.58. The van der Waals surface area contributed by atoms with Crippen LogP contribution in [0.1, 0.15) is 52.2 Å². The third kappa shape index (κ3) is 5.91. The van der Waals surface area contributed by atoms with Crippen molar-refractivity contribution in [2.24, 2.45) is 11.7 Å². The fourth-order valence-corrected chi connectivity index (χ4v) is 5.00. The zero-order chi connectivity index (χ0) is 27.6. The number of nitrogens with two attached hydrogens (primary N) is 1. The van der Waals surface area contributed by atoms with Gasteiger partial charge in [-0.3, -0.25) is 9.59 Å². The zero-order valence-corrected chi connectivity index (χ0v) is 22.9. The molecule has 202 valence electrons. The first kappa shape index (κ1) is 27.4. The van der Waals surface area contributed by atoms with Crippen LogP contribution in [-0.4, -0.2) is 52.0 Å². The molecular formula is C30H38N4O4. The van der Waals surface area contributed by atoms with Gasteiger partial charge in [-0.25, -0.2) is 9.69 Å².